The number of nitrogens with zero attached hydrogens (tertiary/aromatic N) is 1. The van der Waals surface area contributed by atoms with Crippen LogP contribution in [0.5, 0.6) is 0 Å². The number of para-hydroxylation sites is 2. The van der Waals surface area contributed by atoms with Crippen LogP contribution in [0.15, 0.2) is 197 Å². The lowest BCUT2D eigenvalue weighted by molar-refractivity contribution is 0.635. The van der Waals surface area contributed by atoms with Crippen LogP contribution in [-0.4, -0.2) is 0 Å². The zero-order valence-electron chi connectivity index (χ0n) is 30.1. The van der Waals surface area contributed by atoms with Gasteiger partial charge >= 0.3 is 0 Å². The van der Waals surface area contributed by atoms with E-state index in [2.05, 4.69) is 193 Å². The molecule has 55 heavy (non-hydrogen) atoms. The van der Waals surface area contributed by atoms with Crippen LogP contribution in [0.1, 0.15) is 39.9 Å². The van der Waals surface area contributed by atoms with E-state index in [4.69, 9.17) is 9.41 Å². The molecule has 8 aromatic carbocycles. The Morgan fingerprint density at radius 2 is 1.13 bits per heavy atom. The van der Waals surface area contributed by atoms with Gasteiger partial charge in [0.25, 0.3) is 0 Å². The first-order valence-corrected chi connectivity index (χ1v) is 19.1. The first-order chi connectivity index (χ1) is 27.3. The zero-order chi connectivity index (χ0) is 36.3. The summed E-state index contributed by atoms with van der Waals surface area (Å²) in [7, 11) is 0. The van der Waals surface area contributed by atoms with Crippen LogP contribution in [0.4, 0.5) is 0 Å². The largest absolute Gasteiger partial charge is 0.456 e. The average molecular weight is 705 g/mol. The Kier molecular flexibility index (Phi) is 7.38. The number of furan rings is 1. The minimum atomic E-state index is -0.292. The number of hydrogen-bond donors (Lipinski definition) is 1. The maximum Gasteiger partial charge on any atom is 0.146 e. The summed E-state index contributed by atoms with van der Waals surface area (Å²) < 4.78 is 6.84. The molecule has 3 heteroatoms. The average Bonchev–Trinajstić information content (AvgIpc) is 3.80. The predicted molar refractivity (Wildman–Crippen MR) is 224 cm³/mol. The molecule has 1 N–H and O–H groups in total. The summed E-state index contributed by atoms with van der Waals surface area (Å²) in [4.78, 5) is 5.30. The van der Waals surface area contributed by atoms with E-state index in [1.165, 1.54) is 50.1 Å². The topological polar surface area (TPSA) is 37.5 Å². The highest BCUT2D eigenvalue weighted by Gasteiger charge is 2.30. The van der Waals surface area contributed by atoms with E-state index in [-0.39, 0.29) is 12.1 Å². The van der Waals surface area contributed by atoms with Crippen molar-refractivity contribution in [2.45, 2.75) is 18.5 Å². The molecule has 0 saturated heterocycles. The first kappa shape index (κ1) is 31.5. The normalized spacial score (nSPS) is 15.6. The fourth-order valence-electron chi connectivity index (χ4n) is 8.91. The molecule has 2 aliphatic rings. The van der Waals surface area contributed by atoms with Gasteiger partial charge in [-0.15, -0.1) is 0 Å². The molecule has 260 valence electrons. The molecule has 1 aliphatic heterocycles. The third-order valence-corrected chi connectivity index (χ3v) is 11.5. The molecular formula is C52H36N2O. The summed E-state index contributed by atoms with van der Waals surface area (Å²) in [5, 5.41) is 8.18. The van der Waals surface area contributed by atoms with Crippen molar-refractivity contribution in [3.63, 3.8) is 0 Å². The van der Waals surface area contributed by atoms with Gasteiger partial charge < -0.3 is 9.73 Å². The van der Waals surface area contributed by atoms with Gasteiger partial charge in [-0.05, 0) is 80.3 Å². The third kappa shape index (κ3) is 5.31. The molecule has 2 unspecified atom stereocenters. The number of hydrogen-bond acceptors (Lipinski definition) is 3. The Balaban J connectivity index is 0.983. The van der Waals surface area contributed by atoms with Crippen molar-refractivity contribution in [2.75, 3.05) is 0 Å². The van der Waals surface area contributed by atoms with Crippen LogP contribution in [0.25, 0.3) is 61.0 Å². The number of rotatable bonds is 6. The number of fused-ring (bicyclic) bond motifs is 7. The summed E-state index contributed by atoms with van der Waals surface area (Å²) in [6, 6.07) is 67.4. The third-order valence-electron chi connectivity index (χ3n) is 11.5. The van der Waals surface area contributed by atoms with Crippen LogP contribution in [-0.2, 0) is 6.42 Å². The molecule has 9 aromatic rings. The molecule has 0 amide bonds. The van der Waals surface area contributed by atoms with Crippen molar-refractivity contribution in [3.8, 4) is 33.4 Å². The molecule has 0 fully saturated rings. The Bertz CT molecular complexity index is 3040. The maximum absolute atomic E-state index is 6.84. The van der Waals surface area contributed by atoms with Gasteiger partial charge in [-0.3, -0.25) is 4.99 Å². The Labute approximate surface area is 319 Å². The molecule has 1 aliphatic carbocycles. The lowest BCUT2D eigenvalue weighted by atomic mass is 9.88. The van der Waals surface area contributed by atoms with Crippen LogP contribution in [0, 0.1) is 0 Å². The van der Waals surface area contributed by atoms with Crippen molar-refractivity contribution >= 4 is 27.6 Å². The minimum absolute atomic E-state index is 0.228. The first-order valence-electron chi connectivity index (χ1n) is 19.1. The molecule has 2 atom stereocenters. The SMILES string of the molecule is c1ccc(-c2ccc(C3=c4ccccc4=NC(c4cccc5oc6c(CC7c8ccccc8-c8cc(-c9ccccc9)ccc87)cccc6c45)N3)cc2)cc1. The van der Waals surface area contributed by atoms with Crippen molar-refractivity contribution in [3.05, 3.63) is 226 Å². The number of nitrogens with one attached hydrogen (secondary N) is 1. The van der Waals surface area contributed by atoms with Gasteiger partial charge in [0.05, 0.1) is 11.1 Å². The van der Waals surface area contributed by atoms with E-state index in [9.17, 15) is 0 Å². The van der Waals surface area contributed by atoms with Gasteiger partial charge in [0.15, 0.2) is 0 Å². The standard InChI is InChI=1S/C52H36N2O/c1-3-13-33(14-4-1)35-25-27-36(28-26-35)50-42-20-9-10-23-47(42)53-52(54-50)44-22-12-24-48-49(44)43-21-11-17-38(51(43)55-48)32-46-40-19-8-7-18-39(40)45-31-37(29-30-41(45)46)34-15-5-2-6-16-34/h1-31,46,52,54H,32H2. The molecule has 0 saturated carbocycles. The highest BCUT2D eigenvalue weighted by atomic mass is 16.3. The second-order valence-corrected chi connectivity index (χ2v) is 14.6. The molecular weight excluding hydrogens is 669 g/mol. The van der Waals surface area contributed by atoms with Crippen LogP contribution < -0.4 is 15.9 Å². The lowest BCUT2D eigenvalue weighted by Crippen LogP contribution is -2.39. The van der Waals surface area contributed by atoms with Gasteiger partial charge in [-0.25, -0.2) is 0 Å². The van der Waals surface area contributed by atoms with E-state index < -0.39 is 0 Å². The minimum Gasteiger partial charge on any atom is -0.456 e. The van der Waals surface area contributed by atoms with E-state index in [1.807, 2.05) is 0 Å². The molecule has 0 radical (unpaired) electrons. The molecule has 0 bridgehead atoms. The van der Waals surface area contributed by atoms with E-state index >= 15 is 0 Å². The van der Waals surface area contributed by atoms with E-state index in [1.54, 1.807) is 0 Å². The second-order valence-electron chi connectivity index (χ2n) is 14.6. The molecule has 3 nitrogen and oxygen atoms in total. The molecule has 0 spiro atoms. The van der Waals surface area contributed by atoms with Gasteiger partial charge in [-0.1, -0.05) is 170 Å². The zero-order valence-corrected chi connectivity index (χ0v) is 30.1. The number of benzene rings is 8. The van der Waals surface area contributed by atoms with Gasteiger partial charge in [0, 0.05) is 27.5 Å². The van der Waals surface area contributed by atoms with E-state index in [0.717, 1.165) is 55.8 Å². The van der Waals surface area contributed by atoms with Crippen LogP contribution in [0.2, 0.25) is 0 Å². The summed E-state index contributed by atoms with van der Waals surface area (Å²) >= 11 is 0. The predicted octanol–water partition coefficient (Wildman–Crippen LogP) is 11.4. The molecule has 11 rings (SSSR count). The molecule has 1 aromatic heterocycles. The monoisotopic (exact) mass is 704 g/mol. The smallest absolute Gasteiger partial charge is 0.146 e. The fourth-order valence-corrected chi connectivity index (χ4v) is 8.91. The Hall–Kier alpha value is -6.97. The van der Waals surface area contributed by atoms with Crippen molar-refractivity contribution < 1.29 is 4.42 Å². The van der Waals surface area contributed by atoms with Gasteiger partial charge in [0.2, 0.25) is 0 Å². The second kappa shape index (κ2) is 12.9. The van der Waals surface area contributed by atoms with Crippen LogP contribution >= 0.6 is 0 Å². The van der Waals surface area contributed by atoms with Crippen molar-refractivity contribution in [1.82, 2.24) is 5.32 Å². The summed E-state index contributed by atoms with van der Waals surface area (Å²) in [6.07, 6.45) is 0.552. The Morgan fingerprint density at radius 1 is 0.491 bits per heavy atom. The fraction of sp³-hybridized carbons (Fsp3) is 0.0577. The summed E-state index contributed by atoms with van der Waals surface area (Å²) in [5.74, 6) is 0.228. The maximum atomic E-state index is 6.84. The Morgan fingerprint density at radius 3 is 1.96 bits per heavy atom. The van der Waals surface area contributed by atoms with Crippen molar-refractivity contribution in [2.24, 2.45) is 4.99 Å². The van der Waals surface area contributed by atoms with Crippen LogP contribution in [0.3, 0.4) is 0 Å². The highest BCUT2D eigenvalue weighted by Crippen LogP contribution is 2.48. The van der Waals surface area contributed by atoms with Crippen molar-refractivity contribution in [1.29, 1.82) is 0 Å². The summed E-state index contributed by atoms with van der Waals surface area (Å²) in [5.41, 5.74) is 16.6. The molecule has 2 heterocycles. The quantitative estimate of drug-likeness (QED) is 0.187. The van der Waals surface area contributed by atoms with Gasteiger partial charge in [-0.2, -0.15) is 0 Å². The lowest BCUT2D eigenvalue weighted by Gasteiger charge is -2.23. The van der Waals surface area contributed by atoms with E-state index in [0.29, 0.717) is 0 Å². The highest BCUT2D eigenvalue weighted by molar-refractivity contribution is 6.08. The summed E-state index contributed by atoms with van der Waals surface area (Å²) in [6.45, 7) is 0. The van der Waals surface area contributed by atoms with Gasteiger partial charge in [0.1, 0.15) is 17.3 Å².